The monoisotopic (exact) mass is 378 g/mol. The van der Waals surface area contributed by atoms with Gasteiger partial charge in [-0.2, -0.15) is 13.5 Å². The molecule has 0 atom stereocenters. The van der Waals surface area contributed by atoms with Crippen LogP contribution in [0.15, 0.2) is 52.5 Å². The van der Waals surface area contributed by atoms with Crippen LogP contribution in [0, 0.1) is 0 Å². The summed E-state index contributed by atoms with van der Waals surface area (Å²) in [6.45, 7) is 2.58. The van der Waals surface area contributed by atoms with Crippen molar-refractivity contribution in [3.05, 3.63) is 48.0 Å². The van der Waals surface area contributed by atoms with Crippen molar-refractivity contribution in [1.82, 2.24) is 4.83 Å². The van der Waals surface area contributed by atoms with E-state index in [0.29, 0.717) is 29.4 Å². The number of hydrogen-bond acceptors (Lipinski definition) is 6. The van der Waals surface area contributed by atoms with Crippen LogP contribution in [0.3, 0.4) is 0 Å². The van der Waals surface area contributed by atoms with Gasteiger partial charge in [0, 0.05) is 11.6 Å². The van der Waals surface area contributed by atoms with Gasteiger partial charge in [-0.1, -0.05) is 19.1 Å². The molecule has 7 nitrogen and oxygen atoms in total. The molecule has 0 radical (unpaired) electrons. The zero-order valence-electron chi connectivity index (χ0n) is 14.9. The predicted octanol–water partition coefficient (Wildman–Crippen LogP) is 2.81. The Morgan fingerprint density at radius 2 is 1.77 bits per heavy atom. The van der Waals surface area contributed by atoms with Crippen molar-refractivity contribution in [2.75, 3.05) is 20.8 Å². The molecule has 2 aromatic rings. The number of benzene rings is 2. The largest absolute Gasteiger partial charge is 0.493 e. The zero-order chi connectivity index (χ0) is 19.0. The van der Waals surface area contributed by atoms with Crippen molar-refractivity contribution in [2.24, 2.45) is 5.10 Å². The van der Waals surface area contributed by atoms with E-state index in [1.165, 1.54) is 38.6 Å². The molecule has 1 N–H and O–H groups in total. The molecule has 0 heterocycles. The van der Waals surface area contributed by atoms with Crippen LogP contribution >= 0.6 is 0 Å². The van der Waals surface area contributed by atoms with Crippen LogP contribution in [0.5, 0.6) is 17.2 Å². The van der Waals surface area contributed by atoms with Crippen molar-refractivity contribution >= 4 is 16.2 Å². The topological polar surface area (TPSA) is 86.2 Å². The number of sulfonamides is 1. The molecule has 0 unspecified atom stereocenters. The van der Waals surface area contributed by atoms with Crippen LogP contribution in [-0.2, 0) is 10.0 Å². The molecule has 0 aliphatic heterocycles. The Morgan fingerprint density at radius 1 is 1.04 bits per heavy atom. The lowest BCUT2D eigenvalue weighted by Crippen LogP contribution is -2.18. The lowest BCUT2D eigenvalue weighted by atomic mass is 10.2. The summed E-state index contributed by atoms with van der Waals surface area (Å²) in [7, 11) is -0.926. The van der Waals surface area contributed by atoms with Gasteiger partial charge in [0.15, 0.2) is 11.5 Å². The van der Waals surface area contributed by atoms with E-state index < -0.39 is 10.0 Å². The molecule has 0 aromatic heterocycles. The Kier molecular flexibility index (Phi) is 6.85. The van der Waals surface area contributed by atoms with Gasteiger partial charge in [-0.05, 0) is 30.7 Å². The molecule has 140 valence electrons. The van der Waals surface area contributed by atoms with E-state index in [2.05, 4.69) is 9.93 Å². The molecule has 2 aromatic carbocycles. The van der Waals surface area contributed by atoms with E-state index in [4.69, 9.17) is 14.2 Å². The molecular weight excluding hydrogens is 356 g/mol. The molecule has 0 spiro atoms. The highest BCUT2D eigenvalue weighted by molar-refractivity contribution is 7.89. The highest BCUT2D eigenvalue weighted by Gasteiger charge is 2.16. The number of nitrogens with one attached hydrogen (secondary N) is 1. The fourth-order valence-corrected chi connectivity index (χ4v) is 2.94. The SMILES string of the molecule is CCCOc1ccccc1/C=N/NS(=O)(=O)c1ccc(OC)c(OC)c1. The van der Waals surface area contributed by atoms with Crippen molar-refractivity contribution in [3.8, 4) is 17.2 Å². The minimum absolute atomic E-state index is 0.0165. The number of ether oxygens (including phenoxy) is 3. The summed E-state index contributed by atoms with van der Waals surface area (Å²) in [5.74, 6) is 1.40. The number of nitrogens with zero attached hydrogens (tertiary/aromatic N) is 1. The first kappa shape index (κ1) is 19.6. The molecule has 0 aliphatic carbocycles. The average molecular weight is 378 g/mol. The maximum absolute atomic E-state index is 12.4. The van der Waals surface area contributed by atoms with Crippen LogP contribution in [0.25, 0.3) is 0 Å². The van der Waals surface area contributed by atoms with E-state index in [1.807, 2.05) is 19.1 Å². The first-order valence-corrected chi connectivity index (χ1v) is 9.49. The van der Waals surface area contributed by atoms with Crippen molar-refractivity contribution in [3.63, 3.8) is 0 Å². The molecule has 0 saturated heterocycles. The summed E-state index contributed by atoms with van der Waals surface area (Å²) in [6.07, 6.45) is 2.28. The standard InChI is InChI=1S/C18H22N2O5S/c1-4-11-25-16-8-6-5-7-14(16)13-19-20-26(21,22)15-9-10-17(23-2)18(12-15)24-3/h5-10,12-13,20H,4,11H2,1-3H3/b19-13+. The second-order valence-corrected chi connectivity index (χ2v) is 6.92. The number of methoxy groups -OCH3 is 2. The summed E-state index contributed by atoms with van der Waals surface area (Å²) >= 11 is 0. The van der Waals surface area contributed by atoms with Gasteiger partial charge in [-0.15, -0.1) is 0 Å². The van der Waals surface area contributed by atoms with Crippen LogP contribution < -0.4 is 19.0 Å². The quantitative estimate of drug-likeness (QED) is 0.536. The third-order valence-electron chi connectivity index (χ3n) is 3.42. The van der Waals surface area contributed by atoms with E-state index in [-0.39, 0.29) is 4.90 Å². The van der Waals surface area contributed by atoms with Gasteiger partial charge >= 0.3 is 0 Å². The van der Waals surface area contributed by atoms with Crippen molar-refractivity contribution in [1.29, 1.82) is 0 Å². The van der Waals surface area contributed by atoms with Gasteiger partial charge in [0.05, 0.1) is 31.9 Å². The van der Waals surface area contributed by atoms with Gasteiger partial charge < -0.3 is 14.2 Å². The van der Waals surface area contributed by atoms with Crippen LogP contribution in [0.1, 0.15) is 18.9 Å². The fourth-order valence-electron chi connectivity index (χ4n) is 2.13. The van der Waals surface area contributed by atoms with E-state index >= 15 is 0 Å². The van der Waals surface area contributed by atoms with Crippen LogP contribution in [-0.4, -0.2) is 35.5 Å². The molecule has 26 heavy (non-hydrogen) atoms. The summed E-state index contributed by atoms with van der Waals surface area (Å²) in [5.41, 5.74) is 0.677. The highest BCUT2D eigenvalue weighted by Crippen LogP contribution is 2.29. The van der Waals surface area contributed by atoms with Gasteiger partial charge in [0.2, 0.25) is 0 Å². The van der Waals surface area contributed by atoms with Gasteiger partial charge in [-0.25, -0.2) is 4.83 Å². The van der Waals surface area contributed by atoms with E-state index in [9.17, 15) is 8.42 Å². The molecule has 8 heteroatoms. The number of hydrogen-bond donors (Lipinski definition) is 1. The maximum Gasteiger partial charge on any atom is 0.276 e. The lowest BCUT2D eigenvalue weighted by Gasteiger charge is -2.10. The van der Waals surface area contributed by atoms with Gasteiger partial charge in [0.1, 0.15) is 5.75 Å². The first-order chi connectivity index (χ1) is 12.5. The predicted molar refractivity (Wildman–Crippen MR) is 99.7 cm³/mol. The number of para-hydroxylation sites is 1. The maximum atomic E-state index is 12.4. The summed E-state index contributed by atoms with van der Waals surface area (Å²) in [6, 6.07) is 11.6. The molecule has 0 bridgehead atoms. The molecule has 0 amide bonds. The molecule has 2 rings (SSSR count). The second kappa shape index (κ2) is 9.10. The summed E-state index contributed by atoms with van der Waals surface area (Å²) < 4.78 is 40.6. The van der Waals surface area contributed by atoms with E-state index in [0.717, 1.165) is 6.42 Å². The Morgan fingerprint density at radius 3 is 2.46 bits per heavy atom. The van der Waals surface area contributed by atoms with E-state index in [1.54, 1.807) is 12.1 Å². The third kappa shape index (κ3) is 4.89. The molecule has 0 saturated carbocycles. The average Bonchev–Trinajstić information content (AvgIpc) is 2.66. The highest BCUT2D eigenvalue weighted by atomic mass is 32.2. The van der Waals surface area contributed by atoms with Gasteiger partial charge in [0.25, 0.3) is 10.0 Å². The molecule has 0 fully saturated rings. The fraction of sp³-hybridized carbons (Fsp3) is 0.278. The van der Waals surface area contributed by atoms with Crippen LogP contribution in [0.4, 0.5) is 0 Å². The second-order valence-electron chi connectivity index (χ2n) is 5.26. The van der Waals surface area contributed by atoms with Gasteiger partial charge in [-0.3, -0.25) is 0 Å². The Bertz CT molecular complexity index is 866. The summed E-state index contributed by atoms with van der Waals surface area (Å²) in [5, 5.41) is 3.84. The lowest BCUT2D eigenvalue weighted by molar-refractivity contribution is 0.317. The normalized spacial score (nSPS) is 11.3. The Labute approximate surface area is 153 Å². The number of rotatable bonds is 9. The zero-order valence-corrected chi connectivity index (χ0v) is 15.7. The minimum atomic E-state index is -3.84. The van der Waals surface area contributed by atoms with Crippen molar-refractivity contribution in [2.45, 2.75) is 18.2 Å². The summed E-state index contributed by atoms with van der Waals surface area (Å²) in [4.78, 5) is 2.20. The number of hydrazone groups is 1. The molecule has 0 aliphatic rings. The smallest absolute Gasteiger partial charge is 0.276 e. The van der Waals surface area contributed by atoms with Crippen molar-refractivity contribution < 1.29 is 22.6 Å². The Balaban J connectivity index is 2.17. The first-order valence-electron chi connectivity index (χ1n) is 8.00. The molecular formula is C18H22N2O5S. The minimum Gasteiger partial charge on any atom is -0.493 e. The Hall–Kier alpha value is -2.74. The van der Waals surface area contributed by atoms with Crippen LogP contribution in [0.2, 0.25) is 0 Å². The third-order valence-corrected chi connectivity index (χ3v) is 4.64.